The fraction of sp³-hybridized carbons (Fsp3) is 0.533. The molecule has 1 aromatic rings. The van der Waals surface area contributed by atoms with E-state index in [-0.39, 0.29) is 11.9 Å². The van der Waals surface area contributed by atoms with Crippen LogP contribution in [0.4, 0.5) is 5.69 Å². The first-order chi connectivity index (χ1) is 9.15. The molecule has 0 radical (unpaired) electrons. The number of ether oxygens (including phenoxy) is 1. The van der Waals surface area contributed by atoms with E-state index in [1.54, 1.807) is 12.1 Å². The summed E-state index contributed by atoms with van der Waals surface area (Å²) in [7, 11) is 0. The number of carbonyl (C=O) groups excluding carboxylic acids is 1. The zero-order chi connectivity index (χ0) is 14.1. The topological polar surface area (TPSA) is 64.3 Å². The van der Waals surface area contributed by atoms with Crippen molar-refractivity contribution in [2.45, 2.75) is 45.6 Å². The van der Waals surface area contributed by atoms with Crippen LogP contribution in [0.15, 0.2) is 24.3 Å². The van der Waals surface area contributed by atoms with Crippen molar-refractivity contribution in [1.29, 1.82) is 0 Å². The molecule has 3 N–H and O–H groups in total. The zero-order valence-electron chi connectivity index (χ0n) is 11.8. The summed E-state index contributed by atoms with van der Waals surface area (Å²) in [6, 6.07) is 7.50. The number of nitrogens with two attached hydrogens (primary N) is 1. The number of rotatable bonds is 8. The van der Waals surface area contributed by atoms with Gasteiger partial charge in [-0.15, -0.1) is 0 Å². The van der Waals surface area contributed by atoms with E-state index in [0.717, 1.165) is 19.3 Å². The molecule has 1 rings (SSSR count). The summed E-state index contributed by atoms with van der Waals surface area (Å²) in [6.45, 7) is 4.58. The van der Waals surface area contributed by atoms with Crippen molar-refractivity contribution >= 4 is 11.6 Å². The Hall–Kier alpha value is -1.71. The predicted octanol–water partition coefficient (Wildman–Crippen LogP) is 2.73. The van der Waals surface area contributed by atoms with Crippen LogP contribution < -0.4 is 15.8 Å². The van der Waals surface area contributed by atoms with Gasteiger partial charge in [-0.25, -0.2) is 0 Å². The van der Waals surface area contributed by atoms with Gasteiger partial charge < -0.3 is 15.8 Å². The Balaban J connectivity index is 2.27. The number of hydrogen-bond donors (Lipinski definition) is 2. The molecule has 4 heteroatoms. The summed E-state index contributed by atoms with van der Waals surface area (Å²) in [5.74, 6) is 0.748. The molecule has 1 unspecified atom stereocenters. The largest absolute Gasteiger partial charge is 0.493 e. The summed E-state index contributed by atoms with van der Waals surface area (Å²) >= 11 is 0. The maximum atomic E-state index is 11.7. The van der Waals surface area contributed by atoms with E-state index in [9.17, 15) is 4.79 Å². The fourth-order valence-corrected chi connectivity index (χ4v) is 1.89. The molecule has 0 aliphatic heterocycles. The summed E-state index contributed by atoms with van der Waals surface area (Å²) in [5, 5.41) is 3.02. The average Bonchev–Trinajstić information content (AvgIpc) is 2.38. The van der Waals surface area contributed by atoms with Gasteiger partial charge in [0.25, 0.3) is 0 Å². The Labute approximate surface area is 115 Å². The van der Waals surface area contributed by atoms with Gasteiger partial charge in [0.1, 0.15) is 5.75 Å². The zero-order valence-corrected chi connectivity index (χ0v) is 11.8. The van der Waals surface area contributed by atoms with Crippen LogP contribution in [0.1, 0.15) is 39.5 Å². The lowest BCUT2D eigenvalue weighted by molar-refractivity contribution is -0.122. The molecule has 0 aliphatic carbocycles. The predicted molar refractivity (Wildman–Crippen MR) is 78.1 cm³/mol. The van der Waals surface area contributed by atoms with Crippen LogP contribution in [0.2, 0.25) is 0 Å². The van der Waals surface area contributed by atoms with Gasteiger partial charge in [0.05, 0.1) is 13.0 Å². The standard InChI is InChI=1S/C15H24N2O2/c1-3-6-13(4-2)17-15(18)9-10-19-14-8-5-7-12(16)11-14/h5,7-8,11,13H,3-4,6,9-10,16H2,1-2H3,(H,17,18). The van der Waals surface area contributed by atoms with Crippen molar-refractivity contribution in [1.82, 2.24) is 5.32 Å². The molecule has 0 heterocycles. The number of hydrogen-bond acceptors (Lipinski definition) is 3. The third kappa shape index (κ3) is 6.13. The molecule has 19 heavy (non-hydrogen) atoms. The lowest BCUT2D eigenvalue weighted by Gasteiger charge is -2.16. The first-order valence-electron chi connectivity index (χ1n) is 6.93. The van der Waals surface area contributed by atoms with Crippen molar-refractivity contribution in [2.75, 3.05) is 12.3 Å². The van der Waals surface area contributed by atoms with Crippen LogP contribution in [0.25, 0.3) is 0 Å². The second-order valence-electron chi connectivity index (χ2n) is 4.63. The first-order valence-corrected chi connectivity index (χ1v) is 6.93. The van der Waals surface area contributed by atoms with Crippen LogP contribution in [0.5, 0.6) is 5.75 Å². The summed E-state index contributed by atoms with van der Waals surface area (Å²) in [5.41, 5.74) is 6.31. The smallest absolute Gasteiger partial charge is 0.223 e. The second-order valence-corrected chi connectivity index (χ2v) is 4.63. The highest BCUT2D eigenvalue weighted by Crippen LogP contribution is 2.14. The second kappa shape index (κ2) is 8.40. The molecule has 0 saturated carbocycles. The van der Waals surface area contributed by atoms with Crippen LogP contribution in [0.3, 0.4) is 0 Å². The maximum absolute atomic E-state index is 11.7. The van der Waals surface area contributed by atoms with E-state index in [4.69, 9.17) is 10.5 Å². The Morgan fingerprint density at radius 1 is 1.42 bits per heavy atom. The minimum Gasteiger partial charge on any atom is -0.493 e. The summed E-state index contributed by atoms with van der Waals surface area (Å²) in [6.07, 6.45) is 3.45. The summed E-state index contributed by atoms with van der Waals surface area (Å²) < 4.78 is 5.49. The van der Waals surface area contributed by atoms with Crippen LogP contribution >= 0.6 is 0 Å². The Kier molecular flexibility index (Phi) is 6.79. The highest BCUT2D eigenvalue weighted by atomic mass is 16.5. The van der Waals surface area contributed by atoms with E-state index in [0.29, 0.717) is 24.5 Å². The fourth-order valence-electron chi connectivity index (χ4n) is 1.89. The van der Waals surface area contributed by atoms with Crippen LogP contribution in [-0.2, 0) is 4.79 Å². The molecule has 0 aromatic heterocycles. The van der Waals surface area contributed by atoms with E-state index >= 15 is 0 Å². The third-order valence-electron chi connectivity index (χ3n) is 2.95. The Morgan fingerprint density at radius 3 is 2.84 bits per heavy atom. The number of amides is 1. The van der Waals surface area contributed by atoms with Gasteiger partial charge >= 0.3 is 0 Å². The van der Waals surface area contributed by atoms with E-state index in [1.807, 2.05) is 12.1 Å². The van der Waals surface area contributed by atoms with Crippen molar-refractivity contribution in [2.24, 2.45) is 0 Å². The molecule has 1 aromatic carbocycles. The molecule has 1 amide bonds. The maximum Gasteiger partial charge on any atom is 0.223 e. The number of nitrogens with one attached hydrogen (secondary N) is 1. The number of nitrogen functional groups attached to an aromatic ring is 1. The Bertz CT molecular complexity index is 393. The molecule has 0 aliphatic rings. The van der Waals surface area contributed by atoms with Gasteiger partial charge in [-0.05, 0) is 25.0 Å². The molecular formula is C15H24N2O2. The van der Waals surface area contributed by atoms with Gasteiger partial charge in [-0.2, -0.15) is 0 Å². The molecule has 0 saturated heterocycles. The molecule has 1 atom stereocenters. The number of benzene rings is 1. The highest BCUT2D eigenvalue weighted by molar-refractivity contribution is 5.76. The van der Waals surface area contributed by atoms with E-state index in [2.05, 4.69) is 19.2 Å². The Morgan fingerprint density at radius 2 is 2.21 bits per heavy atom. The quantitative estimate of drug-likeness (QED) is 0.710. The van der Waals surface area contributed by atoms with Gasteiger partial charge in [0, 0.05) is 17.8 Å². The van der Waals surface area contributed by atoms with Gasteiger partial charge in [-0.3, -0.25) is 4.79 Å². The molecule has 0 fully saturated rings. The van der Waals surface area contributed by atoms with Crippen molar-refractivity contribution in [3.8, 4) is 5.75 Å². The molecule has 4 nitrogen and oxygen atoms in total. The highest BCUT2D eigenvalue weighted by Gasteiger charge is 2.09. The molecule has 0 spiro atoms. The molecule has 106 valence electrons. The molecular weight excluding hydrogens is 240 g/mol. The number of carbonyl (C=O) groups is 1. The van der Waals surface area contributed by atoms with Gasteiger partial charge in [-0.1, -0.05) is 26.3 Å². The SMILES string of the molecule is CCCC(CC)NC(=O)CCOc1cccc(N)c1. The minimum atomic E-state index is 0.0456. The number of anilines is 1. The van der Waals surface area contributed by atoms with Gasteiger partial charge in [0.2, 0.25) is 5.91 Å². The van der Waals surface area contributed by atoms with E-state index in [1.165, 1.54) is 0 Å². The third-order valence-corrected chi connectivity index (χ3v) is 2.95. The normalized spacial score (nSPS) is 11.9. The first kappa shape index (κ1) is 15.3. The molecule has 0 bridgehead atoms. The average molecular weight is 264 g/mol. The lowest BCUT2D eigenvalue weighted by atomic mass is 10.1. The van der Waals surface area contributed by atoms with Crippen molar-refractivity contribution < 1.29 is 9.53 Å². The monoisotopic (exact) mass is 264 g/mol. The van der Waals surface area contributed by atoms with Crippen molar-refractivity contribution in [3.63, 3.8) is 0 Å². The van der Waals surface area contributed by atoms with Crippen LogP contribution in [-0.4, -0.2) is 18.6 Å². The minimum absolute atomic E-state index is 0.0456. The van der Waals surface area contributed by atoms with Gasteiger partial charge in [0.15, 0.2) is 0 Å². The van der Waals surface area contributed by atoms with Crippen molar-refractivity contribution in [3.05, 3.63) is 24.3 Å². The summed E-state index contributed by atoms with van der Waals surface area (Å²) in [4.78, 5) is 11.7. The van der Waals surface area contributed by atoms with Crippen LogP contribution in [0, 0.1) is 0 Å². The lowest BCUT2D eigenvalue weighted by Crippen LogP contribution is -2.34. The van der Waals surface area contributed by atoms with E-state index < -0.39 is 0 Å².